The fourth-order valence-corrected chi connectivity index (χ4v) is 5.46. The van der Waals surface area contributed by atoms with Gasteiger partial charge in [0.15, 0.2) is 0 Å². The summed E-state index contributed by atoms with van der Waals surface area (Å²) in [4.78, 5) is 13.9. The highest BCUT2D eigenvalue weighted by atomic mass is 32.2. The topological polar surface area (TPSA) is 54.5 Å². The van der Waals surface area contributed by atoms with Gasteiger partial charge in [-0.3, -0.25) is 4.79 Å². The van der Waals surface area contributed by atoms with Gasteiger partial charge in [-0.05, 0) is 36.1 Å². The fourth-order valence-electron chi connectivity index (χ4n) is 2.75. The maximum Gasteiger partial charge on any atom is 0.270 e. The van der Waals surface area contributed by atoms with E-state index in [0.29, 0.717) is 5.56 Å². The summed E-state index contributed by atoms with van der Waals surface area (Å²) < 4.78 is 26.5. The van der Waals surface area contributed by atoms with Crippen LogP contribution < -0.4 is 0 Å². The van der Waals surface area contributed by atoms with Gasteiger partial charge in [-0.25, -0.2) is 12.7 Å². The van der Waals surface area contributed by atoms with Crippen molar-refractivity contribution < 1.29 is 13.2 Å². The molecule has 6 heteroatoms. The maximum absolute atomic E-state index is 12.8. The zero-order valence-corrected chi connectivity index (χ0v) is 15.2. The first-order valence-corrected chi connectivity index (χ1v) is 10.3. The van der Waals surface area contributed by atoms with E-state index in [9.17, 15) is 13.2 Å². The highest BCUT2D eigenvalue weighted by molar-refractivity contribution is 8.00. The Balaban J connectivity index is 1.95. The first-order chi connectivity index (χ1) is 11.5. The quantitative estimate of drug-likeness (QED) is 0.753. The van der Waals surface area contributed by atoms with Gasteiger partial charge in [-0.1, -0.05) is 44.2 Å². The number of rotatable bonds is 5. The van der Waals surface area contributed by atoms with Crippen molar-refractivity contribution >= 4 is 27.7 Å². The molecule has 1 atom stereocenters. The summed E-state index contributed by atoms with van der Waals surface area (Å²) in [6.45, 7) is 4.04. The summed E-state index contributed by atoms with van der Waals surface area (Å²) in [7, 11) is -3.77. The molecule has 24 heavy (non-hydrogen) atoms. The van der Waals surface area contributed by atoms with Crippen molar-refractivity contribution in [2.24, 2.45) is 0 Å². The molecule has 0 saturated heterocycles. The number of benzene rings is 2. The van der Waals surface area contributed by atoms with Crippen LogP contribution in [0.25, 0.3) is 0 Å². The Morgan fingerprint density at radius 2 is 1.79 bits per heavy atom. The number of fused-ring (bicyclic) bond motifs is 1. The van der Waals surface area contributed by atoms with E-state index in [1.54, 1.807) is 6.07 Å². The van der Waals surface area contributed by atoms with E-state index in [1.165, 1.54) is 17.8 Å². The van der Waals surface area contributed by atoms with Gasteiger partial charge in [-0.15, -0.1) is 11.8 Å². The van der Waals surface area contributed by atoms with Crippen LogP contribution in [0.15, 0.2) is 58.3 Å². The van der Waals surface area contributed by atoms with Crippen LogP contribution in [0.2, 0.25) is 0 Å². The van der Waals surface area contributed by atoms with Gasteiger partial charge in [-0.2, -0.15) is 0 Å². The lowest BCUT2D eigenvalue weighted by Gasteiger charge is -2.15. The average molecular weight is 361 g/mol. The molecule has 1 unspecified atom stereocenters. The second-order valence-corrected chi connectivity index (χ2v) is 8.62. The van der Waals surface area contributed by atoms with Gasteiger partial charge in [0.2, 0.25) is 0 Å². The van der Waals surface area contributed by atoms with Crippen LogP contribution in [-0.4, -0.2) is 24.5 Å². The van der Waals surface area contributed by atoms with Crippen LogP contribution >= 0.6 is 11.8 Å². The van der Waals surface area contributed by atoms with E-state index in [2.05, 4.69) is 0 Å². The molecule has 0 radical (unpaired) electrons. The summed E-state index contributed by atoms with van der Waals surface area (Å²) in [5.41, 5.74) is 1.16. The minimum absolute atomic E-state index is 0.0831. The van der Waals surface area contributed by atoms with Crippen molar-refractivity contribution in [1.29, 1.82) is 0 Å². The average Bonchev–Trinajstić information content (AvgIpc) is 2.80. The Bertz CT molecular complexity index is 863. The van der Waals surface area contributed by atoms with Gasteiger partial charge < -0.3 is 0 Å². The molecule has 0 bridgehead atoms. The zero-order chi connectivity index (χ0) is 17.3. The van der Waals surface area contributed by atoms with Crippen LogP contribution in [0.5, 0.6) is 0 Å². The van der Waals surface area contributed by atoms with Crippen molar-refractivity contribution in [3.8, 4) is 0 Å². The standard InChI is InChI=1S/C18H19NO3S2/c1-3-13(2)15-10-7-11-16-17(15)18(20)19(24(16,21)22)12-23-14-8-5-4-6-9-14/h4-11,13H,3,12H2,1-2H3. The largest absolute Gasteiger partial charge is 0.270 e. The molecule has 4 nitrogen and oxygen atoms in total. The molecule has 0 aromatic heterocycles. The molecule has 1 heterocycles. The zero-order valence-electron chi connectivity index (χ0n) is 13.6. The number of amides is 1. The van der Waals surface area contributed by atoms with Crippen LogP contribution in [-0.2, 0) is 10.0 Å². The van der Waals surface area contributed by atoms with E-state index >= 15 is 0 Å². The van der Waals surface area contributed by atoms with Crippen LogP contribution in [0.4, 0.5) is 0 Å². The second kappa shape index (κ2) is 6.61. The fraction of sp³-hybridized carbons (Fsp3) is 0.278. The molecule has 1 amide bonds. The third-order valence-electron chi connectivity index (χ3n) is 4.30. The van der Waals surface area contributed by atoms with Gasteiger partial charge in [0.05, 0.1) is 11.4 Å². The molecular formula is C18H19NO3S2. The normalized spacial score (nSPS) is 16.9. The minimum Gasteiger partial charge on any atom is -0.268 e. The van der Waals surface area contributed by atoms with E-state index in [-0.39, 0.29) is 16.7 Å². The van der Waals surface area contributed by atoms with E-state index in [4.69, 9.17) is 0 Å². The Kier molecular flexibility index (Phi) is 4.69. The first-order valence-electron chi connectivity index (χ1n) is 7.84. The van der Waals surface area contributed by atoms with Crippen LogP contribution in [0.1, 0.15) is 42.1 Å². The number of sulfonamides is 1. The molecule has 2 aromatic carbocycles. The molecule has 0 fully saturated rings. The summed E-state index contributed by atoms with van der Waals surface area (Å²) in [6, 6.07) is 14.6. The van der Waals surface area contributed by atoms with E-state index < -0.39 is 15.9 Å². The number of thioether (sulfide) groups is 1. The molecule has 126 valence electrons. The Morgan fingerprint density at radius 3 is 2.46 bits per heavy atom. The van der Waals surface area contributed by atoms with Gasteiger partial charge in [0.1, 0.15) is 4.90 Å². The minimum atomic E-state index is -3.77. The predicted octanol–water partition coefficient (Wildman–Crippen LogP) is 4.09. The number of carbonyl (C=O) groups is 1. The SMILES string of the molecule is CCC(C)c1cccc2c1C(=O)N(CSc1ccccc1)S2(=O)=O. The summed E-state index contributed by atoms with van der Waals surface area (Å²) in [5, 5.41) is 0. The highest BCUT2D eigenvalue weighted by Crippen LogP contribution is 2.37. The van der Waals surface area contributed by atoms with E-state index in [1.807, 2.05) is 50.2 Å². The van der Waals surface area contributed by atoms with Crippen molar-refractivity contribution in [2.45, 2.75) is 36.0 Å². The van der Waals surface area contributed by atoms with Crippen molar-refractivity contribution in [2.75, 3.05) is 5.88 Å². The maximum atomic E-state index is 12.8. The molecule has 1 aliphatic heterocycles. The first kappa shape index (κ1) is 17.0. The molecule has 1 aliphatic rings. The third-order valence-corrected chi connectivity index (χ3v) is 7.23. The lowest BCUT2D eigenvalue weighted by atomic mass is 9.93. The van der Waals surface area contributed by atoms with Crippen LogP contribution in [0, 0.1) is 0 Å². The number of carbonyl (C=O) groups excluding carboxylic acids is 1. The smallest absolute Gasteiger partial charge is 0.268 e. The van der Waals surface area contributed by atoms with Gasteiger partial charge >= 0.3 is 0 Å². The van der Waals surface area contributed by atoms with E-state index in [0.717, 1.165) is 21.2 Å². The monoisotopic (exact) mass is 361 g/mol. The van der Waals surface area contributed by atoms with Gasteiger partial charge in [0, 0.05) is 4.90 Å². The van der Waals surface area contributed by atoms with Crippen molar-refractivity contribution in [1.82, 2.24) is 4.31 Å². The predicted molar refractivity (Wildman–Crippen MR) is 95.7 cm³/mol. The number of nitrogens with zero attached hydrogens (tertiary/aromatic N) is 1. The lowest BCUT2D eigenvalue weighted by Crippen LogP contribution is -2.29. The summed E-state index contributed by atoms with van der Waals surface area (Å²) in [6.07, 6.45) is 0.850. The van der Waals surface area contributed by atoms with Crippen molar-refractivity contribution in [3.63, 3.8) is 0 Å². The van der Waals surface area contributed by atoms with Crippen LogP contribution in [0.3, 0.4) is 0 Å². The molecule has 2 aromatic rings. The molecule has 0 saturated carbocycles. The number of hydrogen-bond acceptors (Lipinski definition) is 4. The number of hydrogen-bond donors (Lipinski definition) is 0. The summed E-state index contributed by atoms with van der Waals surface area (Å²) in [5.74, 6) is -0.190. The third kappa shape index (κ3) is 2.84. The van der Waals surface area contributed by atoms with Crippen molar-refractivity contribution in [3.05, 3.63) is 59.7 Å². The van der Waals surface area contributed by atoms with Gasteiger partial charge in [0.25, 0.3) is 15.9 Å². The Hall–Kier alpha value is -1.79. The molecule has 3 rings (SSSR count). The second-order valence-electron chi connectivity index (χ2n) is 5.77. The molecular weight excluding hydrogens is 342 g/mol. The summed E-state index contributed by atoms with van der Waals surface area (Å²) >= 11 is 1.34. The molecule has 0 aliphatic carbocycles. The Morgan fingerprint density at radius 1 is 1.08 bits per heavy atom. The molecule has 0 N–H and O–H groups in total. The highest BCUT2D eigenvalue weighted by Gasteiger charge is 2.42. The molecule has 0 spiro atoms. The lowest BCUT2D eigenvalue weighted by molar-refractivity contribution is 0.0885. The Labute approximate surface area is 146 Å².